The molecule has 94 valence electrons. The van der Waals surface area contributed by atoms with E-state index in [1.807, 2.05) is 0 Å². The van der Waals surface area contributed by atoms with Gasteiger partial charge >= 0.3 is 0 Å². The van der Waals surface area contributed by atoms with E-state index in [9.17, 15) is 4.39 Å². The van der Waals surface area contributed by atoms with Crippen LogP contribution in [-0.2, 0) is 6.54 Å². The van der Waals surface area contributed by atoms with Crippen LogP contribution < -0.4 is 15.8 Å². The van der Waals surface area contributed by atoms with Crippen LogP contribution in [0.3, 0.4) is 0 Å². The summed E-state index contributed by atoms with van der Waals surface area (Å²) in [7, 11) is 1.60. The lowest BCUT2D eigenvalue weighted by atomic mass is 10.1. The average molecular weight is 238 g/mol. The van der Waals surface area contributed by atoms with Gasteiger partial charge in [-0.25, -0.2) is 4.39 Å². The van der Waals surface area contributed by atoms with Crippen molar-refractivity contribution in [2.24, 2.45) is 11.1 Å². The Kier molecular flexibility index (Phi) is 3.64. The first-order valence-electron chi connectivity index (χ1n) is 5.92. The highest BCUT2D eigenvalue weighted by Gasteiger charge is 2.40. The number of hydrogen-bond donors (Lipinski definition) is 2. The second-order valence-electron chi connectivity index (χ2n) is 4.76. The maximum Gasteiger partial charge on any atom is 0.123 e. The Balaban J connectivity index is 1.91. The summed E-state index contributed by atoms with van der Waals surface area (Å²) in [5, 5.41) is 3.33. The number of halogens is 1. The Morgan fingerprint density at radius 1 is 1.47 bits per heavy atom. The fourth-order valence-corrected chi connectivity index (χ4v) is 1.98. The topological polar surface area (TPSA) is 47.3 Å². The van der Waals surface area contributed by atoms with Crippen LogP contribution in [0.4, 0.5) is 4.39 Å². The van der Waals surface area contributed by atoms with Gasteiger partial charge in [0.2, 0.25) is 0 Å². The molecule has 1 fully saturated rings. The number of rotatable bonds is 6. The van der Waals surface area contributed by atoms with Crippen molar-refractivity contribution < 1.29 is 9.13 Å². The van der Waals surface area contributed by atoms with E-state index in [1.54, 1.807) is 13.2 Å². The molecule has 0 radical (unpaired) electrons. The van der Waals surface area contributed by atoms with Crippen LogP contribution in [0, 0.1) is 11.2 Å². The molecule has 1 saturated carbocycles. The predicted octanol–water partition coefficient (Wildman–Crippen LogP) is 1.66. The smallest absolute Gasteiger partial charge is 0.123 e. The average Bonchev–Trinajstić information content (AvgIpc) is 3.10. The maximum absolute atomic E-state index is 13.1. The second-order valence-corrected chi connectivity index (χ2v) is 4.76. The Hall–Kier alpha value is -1.13. The van der Waals surface area contributed by atoms with E-state index in [4.69, 9.17) is 10.5 Å². The third-order valence-electron chi connectivity index (χ3n) is 3.45. The number of benzene rings is 1. The molecule has 0 saturated heterocycles. The molecule has 1 aliphatic carbocycles. The molecule has 0 bridgehead atoms. The Morgan fingerprint density at radius 3 is 2.82 bits per heavy atom. The lowest BCUT2D eigenvalue weighted by Gasteiger charge is -2.14. The largest absolute Gasteiger partial charge is 0.496 e. The van der Waals surface area contributed by atoms with Gasteiger partial charge in [0.25, 0.3) is 0 Å². The molecule has 0 atom stereocenters. The zero-order chi connectivity index (χ0) is 12.3. The highest BCUT2D eigenvalue weighted by Crippen LogP contribution is 2.43. The summed E-state index contributed by atoms with van der Waals surface area (Å²) >= 11 is 0. The van der Waals surface area contributed by atoms with Crippen LogP contribution in [0.1, 0.15) is 18.4 Å². The minimum Gasteiger partial charge on any atom is -0.496 e. The quantitative estimate of drug-likeness (QED) is 0.792. The van der Waals surface area contributed by atoms with E-state index in [-0.39, 0.29) is 5.82 Å². The fraction of sp³-hybridized carbons (Fsp3) is 0.538. The Labute approximate surface area is 101 Å². The van der Waals surface area contributed by atoms with Gasteiger partial charge < -0.3 is 15.8 Å². The summed E-state index contributed by atoms with van der Waals surface area (Å²) in [6, 6.07) is 4.57. The molecule has 1 aromatic rings. The molecule has 0 aromatic heterocycles. The SMILES string of the molecule is COc1ccc(F)cc1CNCC1(CN)CC1. The van der Waals surface area contributed by atoms with E-state index in [0.717, 1.165) is 24.4 Å². The van der Waals surface area contributed by atoms with Gasteiger partial charge in [0.05, 0.1) is 7.11 Å². The van der Waals surface area contributed by atoms with E-state index in [2.05, 4.69) is 5.32 Å². The number of ether oxygens (including phenoxy) is 1. The van der Waals surface area contributed by atoms with Gasteiger partial charge in [-0.2, -0.15) is 0 Å². The number of hydrogen-bond acceptors (Lipinski definition) is 3. The lowest BCUT2D eigenvalue weighted by molar-refractivity contribution is 0.402. The molecule has 1 aliphatic rings. The Morgan fingerprint density at radius 2 is 2.24 bits per heavy atom. The first kappa shape index (κ1) is 12.3. The van der Waals surface area contributed by atoms with Crippen molar-refractivity contribution in [1.82, 2.24) is 5.32 Å². The normalized spacial score (nSPS) is 16.9. The van der Waals surface area contributed by atoms with Crippen molar-refractivity contribution in [3.8, 4) is 5.75 Å². The molecule has 2 rings (SSSR count). The zero-order valence-corrected chi connectivity index (χ0v) is 10.1. The van der Waals surface area contributed by atoms with Crippen molar-refractivity contribution in [3.05, 3.63) is 29.6 Å². The maximum atomic E-state index is 13.1. The van der Waals surface area contributed by atoms with Crippen LogP contribution >= 0.6 is 0 Å². The third-order valence-corrected chi connectivity index (χ3v) is 3.45. The Bertz CT molecular complexity index is 391. The van der Waals surface area contributed by atoms with E-state index in [1.165, 1.54) is 25.0 Å². The fourth-order valence-electron chi connectivity index (χ4n) is 1.98. The minimum absolute atomic E-state index is 0.234. The molecule has 1 aromatic carbocycles. The second kappa shape index (κ2) is 5.02. The summed E-state index contributed by atoms with van der Waals surface area (Å²) in [4.78, 5) is 0. The highest BCUT2D eigenvalue weighted by molar-refractivity contribution is 5.33. The van der Waals surface area contributed by atoms with Gasteiger partial charge in [-0.15, -0.1) is 0 Å². The first-order chi connectivity index (χ1) is 8.19. The van der Waals surface area contributed by atoms with Gasteiger partial charge in [-0.05, 0) is 43.0 Å². The van der Waals surface area contributed by atoms with Crippen LogP contribution in [0.2, 0.25) is 0 Å². The van der Waals surface area contributed by atoms with Crippen molar-refractivity contribution in [2.75, 3.05) is 20.2 Å². The molecule has 17 heavy (non-hydrogen) atoms. The minimum atomic E-state index is -0.234. The molecular weight excluding hydrogens is 219 g/mol. The number of nitrogens with one attached hydrogen (secondary N) is 1. The molecule has 0 heterocycles. The number of methoxy groups -OCH3 is 1. The van der Waals surface area contributed by atoms with Crippen molar-refractivity contribution in [2.45, 2.75) is 19.4 Å². The van der Waals surface area contributed by atoms with Crippen LogP contribution in [0.15, 0.2) is 18.2 Å². The van der Waals surface area contributed by atoms with E-state index in [0.29, 0.717) is 12.0 Å². The van der Waals surface area contributed by atoms with Crippen molar-refractivity contribution >= 4 is 0 Å². The first-order valence-corrected chi connectivity index (χ1v) is 5.92. The molecule has 3 nitrogen and oxygen atoms in total. The summed E-state index contributed by atoms with van der Waals surface area (Å²) in [5.41, 5.74) is 6.84. The highest BCUT2D eigenvalue weighted by atomic mass is 19.1. The summed E-state index contributed by atoms with van der Waals surface area (Å²) in [6.45, 7) is 2.23. The van der Waals surface area contributed by atoms with Crippen LogP contribution in [-0.4, -0.2) is 20.2 Å². The van der Waals surface area contributed by atoms with Gasteiger partial charge in [-0.1, -0.05) is 0 Å². The van der Waals surface area contributed by atoms with E-state index < -0.39 is 0 Å². The standard InChI is InChI=1S/C13H19FN2O/c1-17-12-3-2-11(14)6-10(12)7-16-9-13(8-15)4-5-13/h2-3,6,16H,4-5,7-9,15H2,1H3. The summed E-state index contributed by atoms with van der Waals surface area (Å²) in [6.07, 6.45) is 2.38. The third kappa shape index (κ3) is 2.96. The molecule has 0 spiro atoms. The molecule has 4 heteroatoms. The van der Waals surface area contributed by atoms with Crippen LogP contribution in [0.25, 0.3) is 0 Å². The predicted molar refractivity (Wildman–Crippen MR) is 65.4 cm³/mol. The number of nitrogens with two attached hydrogens (primary N) is 1. The van der Waals surface area contributed by atoms with E-state index >= 15 is 0 Å². The van der Waals surface area contributed by atoms with Gasteiger partial charge in [0.1, 0.15) is 11.6 Å². The van der Waals surface area contributed by atoms with Crippen molar-refractivity contribution in [1.29, 1.82) is 0 Å². The lowest BCUT2D eigenvalue weighted by Crippen LogP contribution is -2.29. The summed E-state index contributed by atoms with van der Waals surface area (Å²) < 4.78 is 18.3. The van der Waals surface area contributed by atoms with Crippen LogP contribution in [0.5, 0.6) is 5.75 Å². The van der Waals surface area contributed by atoms with Crippen molar-refractivity contribution in [3.63, 3.8) is 0 Å². The van der Waals surface area contributed by atoms with Gasteiger partial charge in [-0.3, -0.25) is 0 Å². The molecule has 0 amide bonds. The van der Waals surface area contributed by atoms with Gasteiger partial charge in [0.15, 0.2) is 0 Å². The zero-order valence-electron chi connectivity index (χ0n) is 10.1. The molecule has 3 N–H and O–H groups in total. The molecular formula is C13H19FN2O. The molecule has 0 unspecified atom stereocenters. The van der Waals surface area contributed by atoms with Gasteiger partial charge in [0, 0.05) is 18.7 Å². The monoisotopic (exact) mass is 238 g/mol. The molecule has 0 aliphatic heterocycles. The summed E-state index contributed by atoms with van der Waals surface area (Å²) in [5.74, 6) is 0.485.